The largest absolute Gasteiger partial charge is 0.619 e. The molecule has 3 rings (SSSR count). The van der Waals surface area contributed by atoms with Gasteiger partial charge >= 0.3 is 0 Å². The minimum atomic E-state index is -2.52. The number of hydrogen-bond donors (Lipinski definition) is 0. The zero-order chi connectivity index (χ0) is 19.6. The van der Waals surface area contributed by atoms with Gasteiger partial charge in [-0.3, -0.25) is 4.79 Å². The van der Waals surface area contributed by atoms with Gasteiger partial charge in [-0.05, 0) is 13.0 Å². The predicted octanol–water partition coefficient (Wildman–Crippen LogP) is 4.23. The van der Waals surface area contributed by atoms with Gasteiger partial charge in [0.2, 0.25) is 5.91 Å². The highest BCUT2D eigenvalue weighted by Gasteiger charge is 2.56. The number of anilines is 1. The third kappa shape index (κ3) is 4.89. The van der Waals surface area contributed by atoms with E-state index in [0.29, 0.717) is 38.4 Å². The van der Waals surface area contributed by atoms with Gasteiger partial charge in [0, 0.05) is 42.9 Å². The first kappa shape index (κ1) is 20.3. The third-order valence-corrected chi connectivity index (χ3v) is 6.82. The lowest BCUT2D eigenvalue weighted by atomic mass is 10.3. The van der Waals surface area contributed by atoms with Crippen LogP contribution in [-0.2, 0) is 4.79 Å². The van der Waals surface area contributed by atoms with Gasteiger partial charge in [-0.15, -0.1) is 0 Å². The number of hydrogen-bond acceptors (Lipinski definition) is 5. The van der Waals surface area contributed by atoms with Gasteiger partial charge in [0.15, 0.2) is 17.5 Å². The molecule has 0 aliphatic heterocycles. The first-order valence-corrected chi connectivity index (χ1v) is 10.8. The summed E-state index contributed by atoms with van der Waals surface area (Å²) in [4.78, 5) is 18.4. The second kappa shape index (κ2) is 8.28. The zero-order valence-corrected chi connectivity index (χ0v) is 16.9. The van der Waals surface area contributed by atoms with E-state index in [0.717, 1.165) is 0 Å². The van der Waals surface area contributed by atoms with Crippen LogP contribution >= 0.6 is 34.7 Å². The number of nitrogens with zero attached hydrogens (tertiary/aromatic N) is 3. The number of amides is 1. The van der Waals surface area contributed by atoms with Crippen LogP contribution in [0.4, 0.5) is 13.8 Å². The molecular formula is C17H18ClF2N3O2S2. The van der Waals surface area contributed by atoms with E-state index in [1.165, 1.54) is 35.5 Å². The molecule has 0 radical (unpaired) electrons. The van der Waals surface area contributed by atoms with Gasteiger partial charge in [0.1, 0.15) is 10.0 Å². The van der Waals surface area contributed by atoms with E-state index >= 15 is 0 Å². The molecule has 1 saturated carbocycles. The number of halogens is 3. The van der Waals surface area contributed by atoms with Crippen molar-refractivity contribution in [1.29, 1.82) is 0 Å². The van der Waals surface area contributed by atoms with Crippen LogP contribution in [0.3, 0.4) is 0 Å². The standard InChI is InChI=1S/C17H18ClF2N3O2S2/c1-2-23(13(24)5-7-26-10-12-8-17(12,19)20)16-14(18)21-15(27-16)11-4-3-6-22(25)9-11/h3-4,6,9,12H,2,5,7-8,10H2,1H3. The topological polar surface area (TPSA) is 60.1 Å². The van der Waals surface area contributed by atoms with E-state index in [1.807, 2.05) is 6.92 Å². The van der Waals surface area contributed by atoms with Crippen molar-refractivity contribution in [1.82, 2.24) is 4.98 Å². The fourth-order valence-corrected chi connectivity index (χ4v) is 5.08. The van der Waals surface area contributed by atoms with Crippen LogP contribution in [0.2, 0.25) is 5.15 Å². The highest BCUT2D eigenvalue weighted by atomic mass is 35.5. The number of carbonyl (C=O) groups is 1. The highest BCUT2D eigenvalue weighted by molar-refractivity contribution is 7.99. The summed E-state index contributed by atoms with van der Waals surface area (Å²) in [6.07, 6.45) is 2.96. The summed E-state index contributed by atoms with van der Waals surface area (Å²) in [6.45, 7) is 2.25. The van der Waals surface area contributed by atoms with E-state index in [2.05, 4.69) is 4.98 Å². The number of alkyl halides is 2. The van der Waals surface area contributed by atoms with Crippen molar-refractivity contribution in [3.8, 4) is 10.6 Å². The molecule has 1 fully saturated rings. The fraction of sp³-hybridized carbons (Fsp3) is 0.471. The van der Waals surface area contributed by atoms with Crippen LogP contribution in [-0.4, -0.2) is 34.9 Å². The van der Waals surface area contributed by atoms with Crippen LogP contribution in [0.1, 0.15) is 19.8 Å². The van der Waals surface area contributed by atoms with Gasteiger partial charge in [0.05, 0.1) is 5.56 Å². The molecule has 1 amide bonds. The van der Waals surface area contributed by atoms with Gasteiger partial charge in [-0.25, -0.2) is 13.8 Å². The van der Waals surface area contributed by atoms with Crippen molar-refractivity contribution in [2.24, 2.45) is 5.92 Å². The normalized spacial score (nSPS) is 17.7. The molecule has 1 atom stereocenters. The predicted molar refractivity (Wildman–Crippen MR) is 105 cm³/mol. The Morgan fingerprint density at radius 2 is 2.33 bits per heavy atom. The summed E-state index contributed by atoms with van der Waals surface area (Å²) >= 11 is 8.84. The summed E-state index contributed by atoms with van der Waals surface area (Å²) in [7, 11) is 0. The van der Waals surface area contributed by atoms with Crippen LogP contribution in [0.25, 0.3) is 10.6 Å². The van der Waals surface area contributed by atoms with Crippen molar-refractivity contribution in [3.63, 3.8) is 0 Å². The number of carbonyl (C=O) groups excluding carboxylic acids is 1. The number of rotatable bonds is 8. The molecule has 0 bridgehead atoms. The van der Waals surface area contributed by atoms with E-state index in [-0.39, 0.29) is 23.9 Å². The Morgan fingerprint density at radius 1 is 1.59 bits per heavy atom. The van der Waals surface area contributed by atoms with Gasteiger partial charge in [-0.1, -0.05) is 22.9 Å². The number of aromatic nitrogens is 2. The molecule has 27 heavy (non-hydrogen) atoms. The van der Waals surface area contributed by atoms with Gasteiger partial charge in [-0.2, -0.15) is 16.5 Å². The second-order valence-electron chi connectivity index (χ2n) is 6.19. The molecule has 1 aliphatic rings. The first-order valence-electron chi connectivity index (χ1n) is 8.43. The van der Waals surface area contributed by atoms with E-state index in [9.17, 15) is 18.8 Å². The Morgan fingerprint density at radius 3 is 2.96 bits per heavy atom. The Kier molecular flexibility index (Phi) is 6.22. The maximum Gasteiger partial charge on any atom is 0.252 e. The lowest BCUT2D eigenvalue weighted by molar-refractivity contribution is -0.604. The Balaban J connectivity index is 1.61. The molecule has 0 saturated heterocycles. The first-order chi connectivity index (χ1) is 12.8. The van der Waals surface area contributed by atoms with Crippen molar-refractivity contribution in [2.45, 2.75) is 25.7 Å². The minimum absolute atomic E-state index is 0.0445. The molecule has 2 aromatic rings. The number of thioether (sulfide) groups is 1. The Bertz CT molecular complexity index is 834. The summed E-state index contributed by atoms with van der Waals surface area (Å²) < 4.78 is 26.4. The molecule has 146 valence electrons. The van der Waals surface area contributed by atoms with Gasteiger partial charge < -0.3 is 10.1 Å². The lowest BCUT2D eigenvalue weighted by Gasteiger charge is -2.18. The molecule has 0 spiro atoms. The van der Waals surface area contributed by atoms with Crippen LogP contribution < -0.4 is 9.63 Å². The summed E-state index contributed by atoms with van der Waals surface area (Å²) in [6, 6.07) is 3.36. The van der Waals surface area contributed by atoms with E-state index in [4.69, 9.17) is 11.6 Å². The summed E-state index contributed by atoms with van der Waals surface area (Å²) in [5.41, 5.74) is 0.620. The highest BCUT2D eigenvalue weighted by Crippen LogP contribution is 2.50. The third-order valence-electron chi connectivity index (χ3n) is 4.19. The quantitative estimate of drug-likeness (QED) is 0.355. The fourth-order valence-electron chi connectivity index (χ4n) is 2.57. The molecule has 1 unspecified atom stereocenters. The van der Waals surface area contributed by atoms with Crippen LogP contribution in [0.5, 0.6) is 0 Å². The van der Waals surface area contributed by atoms with Crippen LogP contribution in [0.15, 0.2) is 24.5 Å². The second-order valence-corrected chi connectivity index (χ2v) is 8.68. The molecular weight excluding hydrogens is 416 g/mol. The van der Waals surface area contributed by atoms with Crippen molar-refractivity contribution in [2.75, 3.05) is 23.0 Å². The van der Waals surface area contributed by atoms with Crippen molar-refractivity contribution in [3.05, 3.63) is 34.9 Å². The summed E-state index contributed by atoms with van der Waals surface area (Å²) in [5.74, 6) is -2.33. The molecule has 0 N–H and O–H groups in total. The maximum absolute atomic E-state index is 12.9. The Hall–Kier alpha value is -1.45. The molecule has 10 heteroatoms. The molecule has 0 aromatic carbocycles. The van der Waals surface area contributed by atoms with E-state index < -0.39 is 11.8 Å². The van der Waals surface area contributed by atoms with Crippen LogP contribution in [0, 0.1) is 11.1 Å². The number of thiazole rings is 1. The monoisotopic (exact) mass is 433 g/mol. The maximum atomic E-state index is 12.9. The molecule has 5 nitrogen and oxygen atoms in total. The average Bonchev–Trinajstić information content (AvgIpc) is 3.04. The minimum Gasteiger partial charge on any atom is -0.619 e. The van der Waals surface area contributed by atoms with Crippen molar-refractivity contribution >= 4 is 45.6 Å². The van der Waals surface area contributed by atoms with Gasteiger partial charge in [0.25, 0.3) is 5.92 Å². The smallest absolute Gasteiger partial charge is 0.252 e. The summed E-state index contributed by atoms with van der Waals surface area (Å²) in [5, 5.41) is 12.7. The Labute approximate surface area is 168 Å². The SMILES string of the molecule is CCN(C(=O)CCSCC1CC1(F)F)c1sc(-c2ccc[n+]([O-])c2)nc1Cl. The average molecular weight is 434 g/mol. The molecule has 2 aromatic heterocycles. The zero-order valence-electron chi connectivity index (χ0n) is 14.5. The number of pyridine rings is 1. The van der Waals surface area contributed by atoms with E-state index in [1.54, 1.807) is 17.0 Å². The lowest BCUT2D eigenvalue weighted by Crippen LogP contribution is -2.30. The molecule has 2 heterocycles. The molecule has 1 aliphatic carbocycles. The van der Waals surface area contributed by atoms with Crippen molar-refractivity contribution < 1.29 is 18.3 Å².